The SMILES string of the molecule is C1=[N+]([C@H]2CCCN[C@H]2c2ccccc2)CCc2ccccc21.c1ccc([B-](c2ccccc2)(c2ccccc2)c2ccccc2)cc1. The van der Waals surface area contributed by atoms with E-state index in [4.69, 9.17) is 0 Å². The molecular weight excluding hydrogens is 567 g/mol. The molecular formula is C44H43BN2. The topological polar surface area (TPSA) is 15.0 Å². The first kappa shape index (κ1) is 30.7. The van der Waals surface area contributed by atoms with Gasteiger partial charge in [-0.3, -0.25) is 0 Å². The standard InChI is InChI=1S/C24H20B.C20H23N2/c1-5-13-21(14-6-1)25(22-15-7-2-8-16-22,23-17-9-3-10-18-23)24-19-11-4-12-20-24;1-2-8-17(9-3-1)20-19(11-6-13-21-20)22-14-12-16-7-4-5-10-18(16)15-22/h1-20H;1-5,7-10,15,19-21H,6,11-14H2/q-1;+1/t;19-,20-/m.0/s1. The second-order valence-electron chi connectivity index (χ2n) is 12.9. The Bertz CT molecular complexity index is 1710. The summed E-state index contributed by atoms with van der Waals surface area (Å²) in [5.41, 5.74) is 9.65. The van der Waals surface area contributed by atoms with Crippen molar-refractivity contribution in [1.82, 2.24) is 5.32 Å². The molecule has 0 amide bonds. The first-order valence-corrected chi connectivity index (χ1v) is 17.2. The van der Waals surface area contributed by atoms with Crippen LogP contribution in [0, 0.1) is 0 Å². The molecule has 1 saturated heterocycles. The van der Waals surface area contributed by atoms with Crippen LogP contribution in [-0.4, -0.2) is 36.1 Å². The van der Waals surface area contributed by atoms with Gasteiger partial charge in [-0.1, -0.05) is 170 Å². The summed E-state index contributed by atoms with van der Waals surface area (Å²) in [6, 6.07) is 64.2. The number of piperidine rings is 1. The Balaban J connectivity index is 0.000000151. The Labute approximate surface area is 280 Å². The van der Waals surface area contributed by atoms with Gasteiger partial charge in [0.25, 0.3) is 0 Å². The number of hydrogen-bond acceptors (Lipinski definition) is 1. The maximum absolute atomic E-state index is 3.75. The van der Waals surface area contributed by atoms with Gasteiger partial charge in [-0.05, 0) is 30.2 Å². The zero-order valence-corrected chi connectivity index (χ0v) is 27.0. The summed E-state index contributed by atoms with van der Waals surface area (Å²) in [5.74, 6) is 0. The fourth-order valence-corrected chi connectivity index (χ4v) is 7.99. The summed E-state index contributed by atoms with van der Waals surface area (Å²) < 4.78 is 2.58. The molecule has 2 aliphatic rings. The second kappa shape index (κ2) is 14.6. The number of benzene rings is 6. The van der Waals surface area contributed by atoms with E-state index in [1.54, 1.807) is 0 Å². The highest BCUT2D eigenvalue weighted by Crippen LogP contribution is 2.27. The third-order valence-electron chi connectivity index (χ3n) is 10.2. The van der Waals surface area contributed by atoms with Gasteiger partial charge in [0.1, 0.15) is 12.7 Å². The molecule has 0 unspecified atom stereocenters. The van der Waals surface area contributed by atoms with Gasteiger partial charge in [0.2, 0.25) is 0 Å². The molecule has 2 nitrogen and oxygen atoms in total. The van der Waals surface area contributed by atoms with E-state index in [-0.39, 0.29) is 0 Å². The van der Waals surface area contributed by atoms with Crippen molar-refractivity contribution in [2.45, 2.75) is 31.3 Å². The van der Waals surface area contributed by atoms with Crippen molar-refractivity contribution < 1.29 is 4.58 Å². The van der Waals surface area contributed by atoms with Crippen LogP contribution in [0.2, 0.25) is 0 Å². The maximum Gasteiger partial charge on any atom is 0.172 e. The second-order valence-corrected chi connectivity index (χ2v) is 12.9. The number of nitrogens with one attached hydrogen (secondary N) is 1. The quantitative estimate of drug-likeness (QED) is 0.175. The van der Waals surface area contributed by atoms with Gasteiger partial charge in [-0.2, -0.15) is 21.9 Å². The van der Waals surface area contributed by atoms with Gasteiger partial charge in [0, 0.05) is 18.4 Å². The first-order chi connectivity index (χ1) is 23.3. The highest BCUT2D eigenvalue weighted by Gasteiger charge is 2.35. The summed E-state index contributed by atoms with van der Waals surface area (Å²) in [4.78, 5) is 0. The number of fused-ring (bicyclic) bond motifs is 1. The van der Waals surface area contributed by atoms with Crippen molar-refractivity contribution >= 4 is 34.2 Å². The predicted octanol–water partition coefficient (Wildman–Crippen LogP) is 6.23. The molecule has 8 rings (SSSR count). The maximum atomic E-state index is 3.75. The molecule has 47 heavy (non-hydrogen) atoms. The Morgan fingerprint density at radius 1 is 0.511 bits per heavy atom. The third kappa shape index (κ3) is 6.50. The summed E-state index contributed by atoms with van der Waals surface area (Å²) in [7, 11) is 0. The van der Waals surface area contributed by atoms with E-state index in [1.807, 2.05) is 0 Å². The smallest absolute Gasteiger partial charge is 0.172 e. The lowest BCUT2D eigenvalue weighted by molar-refractivity contribution is -0.570. The van der Waals surface area contributed by atoms with E-state index in [0.717, 1.165) is 19.5 Å². The Hall–Kier alpha value is -4.99. The van der Waals surface area contributed by atoms with Gasteiger partial charge in [0.15, 0.2) is 12.3 Å². The van der Waals surface area contributed by atoms with Gasteiger partial charge >= 0.3 is 0 Å². The number of nitrogens with zero attached hydrogens (tertiary/aromatic N) is 1. The highest BCUT2D eigenvalue weighted by molar-refractivity contribution is 7.19. The average molecular weight is 611 g/mol. The zero-order chi connectivity index (χ0) is 31.7. The predicted molar refractivity (Wildman–Crippen MR) is 201 cm³/mol. The van der Waals surface area contributed by atoms with Crippen LogP contribution in [0.3, 0.4) is 0 Å². The highest BCUT2D eigenvalue weighted by atomic mass is 15.1. The molecule has 6 aromatic carbocycles. The molecule has 0 aromatic heterocycles. The first-order valence-electron chi connectivity index (χ1n) is 17.2. The Morgan fingerprint density at radius 2 is 0.957 bits per heavy atom. The van der Waals surface area contributed by atoms with Crippen molar-refractivity contribution in [3.63, 3.8) is 0 Å². The number of hydrogen-bond donors (Lipinski definition) is 1. The molecule has 2 atom stereocenters. The fourth-order valence-electron chi connectivity index (χ4n) is 7.99. The van der Waals surface area contributed by atoms with Crippen molar-refractivity contribution in [2.75, 3.05) is 13.1 Å². The molecule has 2 heterocycles. The molecule has 0 radical (unpaired) electrons. The van der Waals surface area contributed by atoms with E-state index in [0.29, 0.717) is 12.1 Å². The van der Waals surface area contributed by atoms with E-state index in [9.17, 15) is 0 Å². The van der Waals surface area contributed by atoms with Crippen LogP contribution in [0.1, 0.15) is 35.6 Å². The van der Waals surface area contributed by atoms with Gasteiger partial charge < -0.3 is 5.32 Å². The van der Waals surface area contributed by atoms with E-state index < -0.39 is 6.15 Å². The number of rotatable bonds is 6. The monoisotopic (exact) mass is 610 g/mol. The Morgan fingerprint density at radius 3 is 1.47 bits per heavy atom. The van der Waals surface area contributed by atoms with Crippen LogP contribution < -0.4 is 27.2 Å². The molecule has 0 aliphatic carbocycles. The van der Waals surface area contributed by atoms with Gasteiger partial charge in [0.05, 0.1) is 6.04 Å². The van der Waals surface area contributed by atoms with Crippen LogP contribution in [0.4, 0.5) is 0 Å². The lowest BCUT2D eigenvalue weighted by Crippen LogP contribution is -2.74. The molecule has 2 aliphatic heterocycles. The van der Waals surface area contributed by atoms with Crippen LogP contribution in [0.25, 0.3) is 0 Å². The molecule has 3 heteroatoms. The van der Waals surface area contributed by atoms with E-state index in [1.165, 1.54) is 51.4 Å². The normalized spacial score (nSPS) is 17.4. The lowest BCUT2D eigenvalue weighted by atomic mass is 9.13. The minimum Gasteiger partial charge on any atom is -0.304 e. The largest absolute Gasteiger partial charge is 0.304 e. The molecule has 1 fully saturated rings. The Kier molecular flexibility index (Phi) is 9.54. The van der Waals surface area contributed by atoms with Crippen LogP contribution >= 0.6 is 0 Å². The minimum atomic E-state index is -1.22. The molecule has 0 spiro atoms. The molecule has 0 saturated carbocycles. The molecule has 1 N–H and O–H groups in total. The van der Waals surface area contributed by atoms with Crippen LogP contribution in [0.5, 0.6) is 0 Å². The summed E-state index contributed by atoms with van der Waals surface area (Å²) >= 11 is 0. The van der Waals surface area contributed by atoms with E-state index >= 15 is 0 Å². The average Bonchev–Trinajstić information content (AvgIpc) is 3.17. The van der Waals surface area contributed by atoms with Gasteiger partial charge in [-0.15, -0.1) is 0 Å². The van der Waals surface area contributed by atoms with Crippen LogP contribution in [0.15, 0.2) is 176 Å². The van der Waals surface area contributed by atoms with Gasteiger partial charge in [-0.25, -0.2) is 4.58 Å². The lowest BCUT2D eigenvalue weighted by Gasteiger charge is -2.44. The fraction of sp³-hybridized carbons (Fsp3) is 0.159. The van der Waals surface area contributed by atoms with E-state index in [2.05, 4.69) is 192 Å². The van der Waals surface area contributed by atoms with Crippen molar-refractivity contribution in [3.05, 3.63) is 193 Å². The molecule has 6 aromatic rings. The summed E-state index contributed by atoms with van der Waals surface area (Å²) in [6.07, 6.45) is 4.86. The molecule has 0 bridgehead atoms. The minimum absolute atomic E-state index is 0.441. The third-order valence-corrected chi connectivity index (χ3v) is 10.2. The molecule has 232 valence electrons. The van der Waals surface area contributed by atoms with Crippen molar-refractivity contribution in [3.8, 4) is 0 Å². The summed E-state index contributed by atoms with van der Waals surface area (Å²) in [6.45, 7) is 2.26. The zero-order valence-electron chi connectivity index (χ0n) is 27.0. The van der Waals surface area contributed by atoms with Crippen molar-refractivity contribution in [1.29, 1.82) is 0 Å². The summed E-state index contributed by atoms with van der Waals surface area (Å²) in [5, 5.41) is 3.75. The van der Waals surface area contributed by atoms with Crippen molar-refractivity contribution in [2.24, 2.45) is 0 Å². The van der Waals surface area contributed by atoms with Crippen LogP contribution in [-0.2, 0) is 6.42 Å².